The van der Waals surface area contributed by atoms with Crippen LogP contribution in [0.25, 0.3) is 0 Å². The van der Waals surface area contributed by atoms with E-state index in [-0.39, 0.29) is 0 Å². The summed E-state index contributed by atoms with van der Waals surface area (Å²) in [6, 6.07) is 1.73. The minimum absolute atomic E-state index is 0.401. The van der Waals surface area contributed by atoms with E-state index in [1.807, 2.05) is 6.92 Å². The summed E-state index contributed by atoms with van der Waals surface area (Å²) in [7, 11) is -1.70. The number of thiophene rings is 1. The van der Waals surface area contributed by atoms with Crippen LogP contribution in [0.1, 0.15) is 18.4 Å². The van der Waals surface area contributed by atoms with Crippen molar-refractivity contribution in [2.24, 2.45) is 5.92 Å². The standard InChI is InChI=1S/C12H18BrNO3S2/c1-9-7-11(18-12(9)13)19(15,16)14(2)8-10-3-5-17-6-4-10/h7,10H,3-6,8H2,1-2H3. The molecule has 19 heavy (non-hydrogen) atoms. The highest BCUT2D eigenvalue weighted by molar-refractivity contribution is 9.11. The Labute approximate surface area is 126 Å². The molecule has 0 atom stereocenters. The van der Waals surface area contributed by atoms with E-state index in [2.05, 4.69) is 15.9 Å². The lowest BCUT2D eigenvalue weighted by molar-refractivity contribution is 0.0620. The second-order valence-corrected chi connectivity index (χ2v) is 9.51. The van der Waals surface area contributed by atoms with Gasteiger partial charge in [-0.2, -0.15) is 4.31 Å². The first-order valence-corrected chi connectivity index (χ1v) is 9.26. The second kappa shape index (κ2) is 6.22. The first kappa shape index (κ1) is 15.4. The van der Waals surface area contributed by atoms with Crippen molar-refractivity contribution in [3.8, 4) is 0 Å². The van der Waals surface area contributed by atoms with E-state index in [0.29, 0.717) is 16.7 Å². The molecule has 1 saturated heterocycles. The SMILES string of the molecule is Cc1cc(S(=O)(=O)N(C)CC2CCOCC2)sc1Br. The van der Waals surface area contributed by atoms with E-state index < -0.39 is 10.0 Å². The van der Waals surface area contributed by atoms with Crippen molar-refractivity contribution in [1.29, 1.82) is 0 Å². The summed E-state index contributed by atoms with van der Waals surface area (Å²) >= 11 is 4.65. The number of rotatable bonds is 4. The summed E-state index contributed by atoms with van der Waals surface area (Å²) in [4.78, 5) is 0. The maximum atomic E-state index is 12.5. The fourth-order valence-electron chi connectivity index (χ4n) is 2.10. The predicted molar refractivity (Wildman–Crippen MR) is 80.1 cm³/mol. The van der Waals surface area contributed by atoms with Crippen LogP contribution in [0.2, 0.25) is 0 Å². The molecule has 108 valence electrons. The smallest absolute Gasteiger partial charge is 0.252 e. The molecule has 0 radical (unpaired) electrons. The van der Waals surface area contributed by atoms with Gasteiger partial charge in [0.05, 0.1) is 3.79 Å². The Morgan fingerprint density at radius 1 is 1.47 bits per heavy atom. The van der Waals surface area contributed by atoms with Crippen molar-refractivity contribution >= 4 is 37.3 Å². The molecule has 1 fully saturated rings. The zero-order chi connectivity index (χ0) is 14.0. The number of nitrogens with zero attached hydrogens (tertiary/aromatic N) is 1. The topological polar surface area (TPSA) is 46.6 Å². The van der Waals surface area contributed by atoms with E-state index >= 15 is 0 Å². The highest BCUT2D eigenvalue weighted by Gasteiger charge is 2.26. The maximum absolute atomic E-state index is 12.5. The molecular weight excluding hydrogens is 350 g/mol. The zero-order valence-corrected chi connectivity index (χ0v) is 14.3. The molecule has 2 rings (SSSR count). The maximum Gasteiger partial charge on any atom is 0.252 e. The van der Waals surface area contributed by atoms with Crippen LogP contribution >= 0.6 is 27.3 Å². The first-order chi connectivity index (χ1) is 8.91. The number of aryl methyl sites for hydroxylation is 1. The summed E-state index contributed by atoms with van der Waals surface area (Å²) in [6.45, 7) is 3.95. The molecule has 0 bridgehead atoms. The van der Waals surface area contributed by atoms with Crippen LogP contribution in [-0.2, 0) is 14.8 Å². The van der Waals surface area contributed by atoms with Gasteiger partial charge in [0.15, 0.2) is 0 Å². The number of hydrogen-bond donors (Lipinski definition) is 0. The van der Waals surface area contributed by atoms with Crippen molar-refractivity contribution in [1.82, 2.24) is 4.31 Å². The molecule has 0 N–H and O–H groups in total. The molecule has 1 aromatic heterocycles. The van der Waals surface area contributed by atoms with Crippen LogP contribution in [0.3, 0.4) is 0 Å². The quantitative estimate of drug-likeness (QED) is 0.821. The van der Waals surface area contributed by atoms with Crippen LogP contribution in [-0.4, -0.2) is 39.5 Å². The van der Waals surface area contributed by atoms with Gasteiger partial charge in [-0.05, 0) is 53.2 Å². The Bertz CT molecular complexity index is 516. The van der Waals surface area contributed by atoms with Crippen molar-refractivity contribution in [3.05, 3.63) is 15.4 Å². The second-order valence-electron chi connectivity index (χ2n) is 4.86. The van der Waals surface area contributed by atoms with Gasteiger partial charge < -0.3 is 4.74 Å². The third-order valence-corrected chi connectivity index (χ3v) is 7.76. The molecule has 1 aromatic rings. The van der Waals surface area contributed by atoms with Crippen molar-refractivity contribution in [2.45, 2.75) is 24.0 Å². The molecule has 0 amide bonds. The minimum atomic E-state index is -3.36. The van der Waals surface area contributed by atoms with E-state index in [1.54, 1.807) is 13.1 Å². The van der Waals surface area contributed by atoms with Gasteiger partial charge in [0, 0.05) is 26.8 Å². The van der Waals surface area contributed by atoms with Crippen LogP contribution in [0.5, 0.6) is 0 Å². The van der Waals surface area contributed by atoms with Gasteiger partial charge in [0.25, 0.3) is 10.0 Å². The Morgan fingerprint density at radius 2 is 2.11 bits per heavy atom. The molecule has 0 unspecified atom stereocenters. The lowest BCUT2D eigenvalue weighted by Crippen LogP contribution is -2.33. The fraction of sp³-hybridized carbons (Fsp3) is 0.667. The van der Waals surface area contributed by atoms with Crippen molar-refractivity contribution in [2.75, 3.05) is 26.8 Å². The van der Waals surface area contributed by atoms with Crippen LogP contribution in [0.4, 0.5) is 0 Å². The third-order valence-electron chi connectivity index (χ3n) is 3.36. The van der Waals surface area contributed by atoms with Gasteiger partial charge in [-0.25, -0.2) is 8.42 Å². The van der Waals surface area contributed by atoms with Gasteiger partial charge >= 0.3 is 0 Å². The minimum Gasteiger partial charge on any atom is -0.381 e. The highest BCUT2D eigenvalue weighted by Crippen LogP contribution is 2.32. The van der Waals surface area contributed by atoms with E-state index in [4.69, 9.17) is 4.74 Å². The summed E-state index contributed by atoms with van der Waals surface area (Å²) in [5, 5.41) is 0. The van der Waals surface area contributed by atoms with E-state index in [9.17, 15) is 8.42 Å². The predicted octanol–water partition coefficient (Wildman–Crippen LogP) is 2.87. The van der Waals surface area contributed by atoms with Gasteiger partial charge in [-0.15, -0.1) is 11.3 Å². The molecule has 0 spiro atoms. The third kappa shape index (κ3) is 3.58. The van der Waals surface area contributed by atoms with Crippen LogP contribution < -0.4 is 0 Å². The monoisotopic (exact) mass is 367 g/mol. The summed E-state index contributed by atoms with van der Waals surface area (Å²) in [6.07, 6.45) is 1.88. The van der Waals surface area contributed by atoms with Gasteiger partial charge in [-0.1, -0.05) is 0 Å². The molecule has 0 aliphatic carbocycles. The van der Waals surface area contributed by atoms with Crippen molar-refractivity contribution in [3.63, 3.8) is 0 Å². The molecule has 1 aliphatic rings. The van der Waals surface area contributed by atoms with Gasteiger partial charge in [0.1, 0.15) is 4.21 Å². The summed E-state index contributed by atoms with van der Waals surface area (Å²) in [5.41, 5.74) is 0.961. The zero-order valence-electron chi connectivity index (χ0n) is 11.1. The fourth-order valence-corrected chi connectivity index (χ4v) is 5.79. The number of ether oxygens (including phenoxy) is 1. The average Bonchev–Trinajstić information content (AvgIpc) is 2.71. The number of halogens is 1. The van der Waals surface area contributed by atoms with Gasteiger partial charge in [-0.3, -0.25) is 0 Å². The molecule has 0 aromatic carbocycles. The van der Waals surface area contributed by atoms with Crippen molar-refractivity contribution < 1.29 is 13.2 Å². The Morgan fingerprint density at radius 3 is 2.63 bits per heavy atom. The number of sulfonamides is 1. The normalized spacial score (nSPS) is 18.1. The number of hydrogen-bond acceptors (Lipinski definition) is 4. The molecule has 0 saturated carbocycles. The van der Waals surface area contributed by atoms with Crippen LogP contribution in [0.15, 0.2) is 14.1 Å². The summed E-state index contributed by atoms with van der Waals surface area (Å²) < 4.78 is 33.0. The molecule has 4 nitrogen and oxygen atoms in total. The van der Waals surface area contributed by atoms with E-state index in [1.165, 1.54) is 15.6 Å². The largest absolute Gasteiger partial charge is 0.381 e. The lowest BCUT2D eigenvalue weighted by Gasteiger charge is -2.26. The Kier molecular flexibility index (Phi) is 5.05. The Hall–Kier alpha value is 0.0500. The lowest BCUT2D eigenvalue weighted by atomic mass is 10.0. The Balaban J connectivity index is 2.10. The molecule has 7 heteroatoms. The molecule has 2 heterocycles. The molecule has 1 aliphatic heterocycles. The van der Waals surface area contributed by atoms with Gasteiger partial charge in [0.2, 0.25) is 0 Å². The first-order valence-electron chi connectivity index (χ1n) is 6.21. The highest BCUT2D eigenvalue weighted by atomic mass is 79.9. The molecular formula is C12H18BrNO3S2. The average molecular weight is 368 g/mol. The van der Waals surface area contributed by atoms with Crippen LogP contribution in [0, 0.1) is 12.8 Å². The summed E-state index contributed by atoms with van der Waals surface area (Å²) in [5.74, 6) is 0.401. The van der Waals surface area contributed by atoms with E-state index in [0.717, 1.165) is 35.4 Å².